The molecule has 0 amide bonds. The van der Waals surface area contributed by atoms with Gasteiger partial charge in [0.05, 0.1) is 5.69 Å². The molecule has 8 heteroatoms. The lowest BCUT2D eigenvalue weighted by atomic mass is 9.87. The number of halogens is 2. The van der Waals surface area contributed by atoms with Crippen molar-refractivity contribution in [2.45, 2.75) is 44.9 Å². The van der Waals surface area contributed by atoms with Gasteiger partial charge in [0, 0.05) is 59.0 Å². The Morgan fingerprint density at radius 1 is 0.844 bits per heavy atom. The van der Waals surface area contributed by atoms with E-state index in [0.29, 0.717) is 16.5 Å². The minimum Gasteiger partial charge on any atom is -0.530 e. The first-order valence-corrected chi connectivity index (χ1v) is 17.5. The summed E-state index contributed by atoms with van der Waals surface area (Å²) in [6, 6.07) is 27.9. The van der Waals surface area contributed by atoms with E-state index in [1.165, 1.54) is 11.6 Å². The third-order valence-corrected chi connectivity index (χ3v) is 11.2. The minimum atomic E-state index is -1.87. The van der Waals surface area contributed by atoms with Gasteiger partial charge in [0.2, 0.25) is 0 Å². The highest BCUT2D eigenvalue weighted by Gasteiger charge is 2.31. The molecule has 1 N–H and O–H groups in total. The minimum absolute atomic E-state index is 0.0268. The van der Waals surface area contributed by atoms with Crippen molar-refractivity contribution in [2.75, 3.05) is 31.1 Å². The number of piperazine rings is 1. The van der Waals surface area contributed by atoms with Gasteiger partial charge >= 0.3 is 9.04 Å². The van der Waals surface area contributed by atoms with Crippen molar-refractivity contribution in [1.29, 1.82) is 0 Å². The highest BCUT2D eigenvalue weighted by molar-refractivity contribution is 6.80. The fourth-order valence-corrected chi connectivity index (χ4v) is 8.29. The first kappa shape index (κ1) is 29.9. The number of nitrogens with zero attached hydrogens (tertiary/aromatic N) is 3. The molecule has 2 heterocycles. The highest BCUT2D eigenvalue weighted by atomic mass is 35.5. The summed E-state index contributed by atoms with van der Waals surface area (Å²) in [5, 5.41) is 17.5. The van der Waals surface area contributed by atoms with E-state index in [-0.39, 0.29) is 11.2 Å². The monoisotopic (exact) mass is 635 g/mol. The van der Waals surface area contributed by atoms with Crippen LogP contribution < -0.4 is 25.0 Å². The SMILES string of the molecule is CC(C)(C)c1ccc([Si](Oc2c(F)cccc2-c2cc3c(C4CC4)nnc(N4CCNCC4)c3cc2Cl)c2ccccc2)cc1. The van der Waals surface area contributed by atoms with Crippen molar-refractivity contribution in [3.8, 4) is 16.9 Å². The molecule has 1 saturated heterocycles. The van der Waals surface area contributed by atoms with Crippen LogP contribution in [0.2, 0.25) is 5.02 Å². The van der Waals surface area contributed by atoms with Gasteiger partial charge < -0.3 is 14.6 Å². The van der Waals surface area contributed by atoms with Crippen LogP contribution in [0, 0.1) is 5.82 Å². The van der Waals surface area contributed by atoms with Gasteiger partial charge in [-0.05, 0) is 52.4 Å². The number of fused-ring (bicyclic) bond motifs is 1. The van der Waals surface area contributed by atoms with Gasteiger partial charge in [-0.2, -0.15) is 5.10 Å². The lowest BCUT2D eigenvalue weighted by molar-refractivity contribution is 0.517. The maximum absolute atomic E-state index is 15.9. The molecule has 5 aromatic rings. The number of nitrogens with one attached hydrogen (secondary N) is 1. The van der Waals surface area contributed by atoms with Gasteiger partial charge in [0.1, 0.15) is 5.75 Å². The van der Waals surface area contributed by atoms with Crippen molar-refractivity contribution in [3.05, 3.63) is 107 Å². The number of hydrogen-bond acceptors (Lipinski definition) is 5. The molecule has 5 nitrogen and oxygen atoms in total. The van der Waals surface area contributed by atoms with Gasteiger partial charge in [-0.15, -0.1) is 5.10 Å². The van der Waals surface area contributed by atoms with Gasteiger partial charge in [-0.1, -0.05) is 99.1 Å². The predicted octanol–water partition coefficient (Wildman–Crippen LogP) is 6.86. The smallest absolute Gasteiger partial charge is 0.352 e. The van der Waals surface area contributed by atoms with E-state index < -0.39 is 14.9 Å². The zero-order valence-electron chi connectivity index (χ0n) is 25.9. The van der Waals surface area contributed by atoms with Gasteiger partial charge in [-0.3, -0.25) is 0 Å². The van der Waals surface area contributed by atoms with Crippen LogP contribution in [0.1, 0.15) is 50.8 Å². The number of aromatic nitrogens is 2. The second kappa shape index (κ2) is 12.2. The van der Waals surface area contributed by atoms with Crippen molar-refractivity contribution in [3.63, 3.8) is 0 Å². The topological polar surface area (TPSA) is 50.3 Å². The van der Waals surface area contributed by atoms with E-state index in [4.69, 9.17) is 26.2 Å². The molecule has 1 aliphatic carbocycles. The van der Waals surface area contributed by atoms with E-state index in [0.717, 1.165) is 77.2 Å². The molecule has 0 bridgehead atoms. The Bertz CT molecular complexity index is 1830. The van der Waals surface area contributed by atoms with E-state index in [2.05, 4.69) is 73.5 Å². The average Bonchev–Trinajstić information content (AvgIpc) is 3.90. The van der Waals surface area contributed by atoms with Crippen LogP contribution in [0.15, 0.2) is 84.9 Å². The number of hydrogen-bond donors (Lipinski definition) is 1. The molecular weight excluding hydrogens is 599 g/mol. The standard InChI is InChI=1S/C37H37ClFN4OSi/c1-37(2,3)25-14-16-27(17-15-25)45(26-8-5-4-6-9-26)44-35-28(10-7-11-33(35)39)29-22-30-31(23-32(29)38)36(43-20-18-40-19-21-43)42-41-34(30)24-12-13-24/h4-11,14-17,22-24,40H,12-13,18-21H2,1-3H3. The molecule has 0 unspecified atom stereocenters. The summed E-state index contributed by atoms with van der Waals surface area (Å²) in [5.41, 5.74) is 3.63. The van der Waals surface area contributed by atoms with Crippen LogP contribution in [0.4, 0.5) is 10.2 Å². The zero-order chi connectivity index (χ0) is 31.1. The predicted molar refractivity (Wildman–Crippen MR) is 184 cm³/mol. The summed E-state index contributed by atoms with van der Waals surface area (Å²) in [6.45, 7) is 10.1. The van der Waals surface area contributed by atoms with Crippen LogP contribution in [0.3, 0.4) is 0 Å². The molecule has 1 aromatic heterocycles. The van der Waals surface area contributed by atoms with E-state index in [1.807, 2.05) is 30.3 Å². The maximum Gasteiger partial charge on any atom is 0.352 e. The van der Waals surface area contributed by atoms with Gasteiger partial charge in [0.25, 0.3) is 0 Å². The Labute approximate surface area is 271 Å². The lowest BCUT2D eigenvalue weighted by Gasteiger charge is -2.29. The molecular formula is C37H37ClFN4OSi. The molecule has 0 atom stereocenters. The molecule has 2 fully saturated rings. The van der Waals surface area contributed by atoms with E-state index in [9.17, 15) is 0 Å². The number of anilines is 1. The van der Waals surface area contributed by atoms with Gasteiger partial charge in [-0.25, -0.2) is 4.39 Å². The Balaban J connectivity index is 1.35. The molecule has 229 valence electrons. The van der Waals surface area contributed by atoms with Crippen molar-refractivity contribution in [2.24, 2.45) is 0 Å². The normalized spacial score (nSPS) is 15.6. The van der Waals surface area contributed by atoms with Crippen LogP contribution in [0.5, 0.6) is 5.75 Å². The molecule has 1 aliphatic heterocycles. The summed E-state index contributed by atoms with van der Waals surface area (Å²) in [7, 11) is -1.87. The quantitative estimate of drug-likeness (QED) is 0.198. The zero-order valence-corrected chi connectivity index (χ0v) is 27.7. The number of benzene rings is 4. The first-order valence-electron chi connectivity index (χ1n) is 15.7. The molecule has 4 aromatic carbocycles. The second-order valence-corrected chi connectivity index (χ2v) is 15.5. The molecule has 45 heavy (non-hydrogen) atoms. The van der Waals surface area contributed by atoms with E-state index in [1.54, 1.807) is 6.07 Å². The largest absolute Gasteiger partial charge is 0.530 e. The molecule has 1 radical (unpaired) electrons. The van der Waals surface area contributed by atoms with Crippen LogP contribution >= 0.6 is 11.6 Å². The number of para-hydroxylation sites is 1. The van der Waals surface area contributed by atoms with Crippen LogP contribution in [0.25, 0.3) is 21.9 Å². The Morgan fingerprint density at radius 3 is 2.24 bits per heavy atom. The van der Waals surface area contributed by atoms with Crippen molar-refractivity contribution >= 4 is 47.6 Å². The Hall–Kier alpha value is -3.78. The second-order valence-electron chi connectivity index (χ2n) is 13.0. The molecule has 1 saturated carbocycles. The summed E-state index contributed by atoms with van der Waals surface area (Å²) >= 11 is 7.10. The van der Waals surface area contributed by atoms with Crippen molar-refractivity contribution in [1.82, 2.24) is 15.5 Å². The summed E-state index contributed by atoms with van der Waals surface area (Å²) in [4.78, 5) is 2.27. The van der Waals surface area contributed by atoms with E-state index >= 15 is 4.39 Å². The van der Waals surface area contributed by atoms with Gasteiger partial charge in [0.15, 0.2) is 11.6 Å². The maximum atomic E-state index is 15.9. The Kier molecular flexibility index (Phi) is 8.10. The Morgan fingerprint density at radius 2 is 1.56 bits per heavy atom. The summed E-state index contributed by atoms with van der Waals surface area (Å²) in [5.74, 6) is 1.05. The fraction of sp³-hybridized carbons (Fsp3) is 0.297. The van der Waals surface area contributed by atoms with Crippen LogP contribution in [-0.4, -0.2) is 45.4 Å². The third-order valence-electron chi connectivity index (χ3n) is 8.77. The van der Waals surface area contributed by atoms with Crippen LogP contribution in [-0.2, 0) is 5.41 Å². The third kappa shape index (κ3) is 6.09. The fourth-order valence-electron chi connectivity index (χ4n) is 6.08. The summed E-state index contributed by atoms with van der Waals surface area (Å²) in [6.07, 6.45) is 2.19. The molecule has 0 spiro atoms. The molecule has 7 rings (SSSR count). The highest BCUT2D eigenvalue weighted by Crippen LogP contribution is 2.46. The average molecular weight is 636 g/mol. The first-order chi connectivity index (χ1) is 21.8. The van der Waals surface area contributed by atoms with Crippen molar-refractivity contribution < 1.29 is 8.82 Å². The summed E-state index contributed by atoms with van der Waals surface area (Å²) < 4.78 is 22.8. The lowest BCUT2D eigenvalue weighted by Crippen LogP contribution is -2.47. The number of rotatable bonds is 7. The molecule has 2 aliphatic rings.